The van der Waals surface area contributed by atoms with Crippen LogP contribution in [-0.2, 0) is 0 Å². The van der Waals surface area contributed by atoms with Gasteiger partial charge in [-0.2, -0.15) is 0 Å². The van der Waals surface area contributed by atoms with E-state index in [1.165, 1.54) is 21.2 Å². The maximum atomic E-state index is 6.31. The van der Waals surface area contributed by atoms with Gasteiger partial charge in [0.15, 0.2) is 0 Å². The van der Waals surface area contributed by atoms with Gasteiger partial charge in [0.1, 0.15) is 0 Å². The lowest BCUT2D eigenvalue weighted by Crippen LogP contribution is -2.21. The van der Waals surface area contributed by atoms with Crippen molar-refractivity contribution in [3.63, 3.8) is 0 Å². The van der Waals surface area contributed by atoms with Crippen LogP contribution in [0.1, 0.15) is 23.4 Å². The zero-order valence-corrected chi connectivity index (χ0v) is 12.8. The van der Waals surface area contributed by atoms with E-state index in [1.54, 1.807) is 11.3 Å². The molecule has 1 N–H and O–H groups in total. The minimum absolute atomic E-state index is 0.164. The average molecular weight is 302 g/mol. The smallest absolute Gasteiger partial charge is 0.0686 e. The molecule has 0 radical (unpaired) electrons. The van der Waals surface area contributed by atoms with Crippen molar-refractivity contribution in [3.05, 3.63) is 69.4 Å². The normalized spacial score (nSPS) is 12.7. The predicted octanol–water partition coefficient (Wildman–Crippen LogP) is 5.25. The second-order valence-corrected chi connectivity index (χ2v) is 6.08. The Morgan fingerprint density at radius 2 is 1.90 bits per heavy atom. The summed E-state index contributed by atoms with van der Waals surface area (Å²) in [6.07, 6.45) is 0. The molecule has 3 rings (SSSR count). The molecule has 2 aromatic carbocycles. The number of thiophene rings is 1. The molecule has 1 unspecified atom stereocenters. The van der Waals surface area contributed by atoms with E-state index in [2.05, 4.69) is 54.7 Å². The van der Waals surface area contributed by atoms with Gasteiger partial charge in [-0.3, -0.25) is 0 Å². The number of halogens is 1. The Morgan fingerprint density at radius 1 is 1.10 bits per heavy atom. The SMILES string of the molecule is CCNC(c1ccc2ccccc2c1)c1sccc1Cl. The van der Waals surface area contributed by atoms with E-state index < -0.39 is 0 Å². The van der Waals surface area contributed by atoms with E-state index in [-0.39, 0.29) is 6.04 Å². The van der Waals surface area contributed by atoms with Gasteiger partial charge in [0.25, 0.3) is 0 Å². The first-order valence-electron chi connectivity index (χ1n) is 6.74. The number of fused-ring (bicyclic) bond motifs is 1. The molecule has 0 aliphatic carbocycles. The fraction of sp³-hybridized carbons (Fsp3) is 0.176. The van der Waals surface area contributed by atoms with Crippen molar-refractivity contribution < 1.29 is 0 Å². The number of rotatable bonds is 4. The zero-order valence-electron chi connectivity index (χ0n) is 11.3. The summed E-state index contributed by atoms with van der Waals surface area (Å²) in [5.41, 5.74) is 1.26. The van der Waals surface area contributed by atoms with E-state index in [0.717, 1.165) is 11.6 Å². The fourth-order valence-corrected chi connectivity index (χ4v) is 3.73. The van der Waals surface area contributed by atoms with Crippen molar-refractivity contribution in [3.8, 4) is 0 Å². The Kier molecular flexibility index (Phi) is 4.06. The molecule has 20 heavy (non-hydrogen) atoms. The van der Waals surface area contributed by atoms with Crippen LogP contribution in [0.3, 0.4) is 0 Å². The number of hydrogen-bond donors (Lipinski definition) is 1. The molecule has 0 saturated heterocycles. The molecule has 1 aromatic heterocycles. The van der Waals surface area contributed by atoms with Crippen LogP contribution >= 0.6 is 22.9 Å². The van der Waals surface area contributed by atoms with Gasteiger partial charge in [0, 0.05) is 4.88 Å². The molecule has 0 bridgehead atoms. The third-order valence-electron chi connectivity index (χ3n) is 3.42. The third kappa shape index (κ3) is 2.59. The summed E-state index contributed by atoms with van der Waals surface area (Å²) < 4.78 is 0. The van der Waals surface area contributed by atoms with E-state index in [0.29, 0.717) is 0 Å². The van der Waals surface area contributed by atoms with Crippen LogP contribution in [-0.4, -0.2) is 6.54 Å². The van der Waals surface area contributed by atoms with Gasteiger partial charge < -0.3 is 5.32 Å². The highest BCUT2D eigenvalue weighted by Gasteiger charge is 2.17. The third-order valence-corrected chi connectivity index (χ3v) is 4.85. The van der Waals surface area contributed by atoms with Gasteiger partial charge in [0.05, 0.1) is 11.1 Å². The van der Waals surface area contributed by atoms with Crippen molar-refractivity contribution in [2.24, 2.45) is 0 Å². The van der Waals surface area contributed by atoms with Crippen LogP contribution in [0.4, 0.5) is 0 Å². The fourth-order valence-electron chi connectivity index (χ4n) is 2.46. The molecular weight excluding hydrogens is 286 g/mol. The minimum Gasteiger partial charge on any atom is -0.306 e. The van der Waals surface area contributed by atoms with Gasteiger partial charge in [-0.05, 0) is 40.4 Å². The highest BCUT2D eigenvalue weighted by atomic mass is 35.5. The first-order valence-corrected chi connectivity index (χ1v) is 8.00. The Hall–Kier alpha value is -1.35. The molecule has 3 aromatic rings. The molecule has 1 nitrogen and oxygen atoms in total. The molecule has 3 heteroatoms. The zero-order chi connectivity index (χ0) is 13.9. The van der Waals surface area contributed by atoms with Crippen molar-refractivity contribution in [1.82, 2.24) is 5.32 Å². The second-order valence-electron chi connectivity index (χ2n) is 4.73. The van der Waals surface area contributed by atoms with Crippen molar-refractivity contribution in [2.75, 3.05) is 6.54 Å². The van der Waals surface area contributed by atoms with E-state index in [4.69, 9.17) is 11.6 Å². The molecule has 0 fully saturated rings. The molecule has 1 atom stereocenters. The standard InChI is InChI=1S/C17H16ClNS/c1-2-19-16(17-15(18)9-10-20-17)14-8-7-12-5-3-4-6-13(12)11-14/h3-11,16,19H,2H2,1H3. The number of benzene rings is 2. The predicted molar refractivity (Wildman–Crippen MR) is 88.8 cm³/mol. The Bertz CT molecular complexity index is 720. The van der Waals surface area contributed by atoms with E-state index in [9.17, 15) is 0 Å². The van der Waals surface area contributed by atoms with Gasteiger partial charge in [0.2, 0.25) is 0 Å². The molecule has 0 aliphatic heterocycles. The molecule has 0 amide bonds. The molecule has 0 aliphatic rings. The van der Waals surface area contributed by atoms with Crippen molar-refractivity contribution in [2.45, 2.75) is 13.0 Å². The minimum atomic E-state index is 0.164. The second kappa shape index (κ2) is 5.96. The van der Waals surface area contributed by atoms with Crippen LogP contribution in [0, 0.1) is 0 Å². The monoisotopic (exact) mass is 301 g/mol. The Labute approximate surface area is 128 Å². The van der Waals surface area contributed by atoms with Gasteiger partial charge in [-0.15, -0.1) is 11.3 Å². The Morgan fingerprint density at radius 3 is 2.60 bits per heavy atom. The van der Waals surface area contributed by atoms with E-state index in [1.807, 2.05) is 11.4 Å². The van der Waals surface area contributed by atoms with Crippen molar-refractivity contribution >= 4 is 33.7 Å². The van der Waals surface area contributed by atoms with Crippen LogP contribution in [0.5, 0.6) is 0 Å². The highest BCUT2D eigenvalue weighted by Crippen LogP contribution is 2.33. The first kappa shape index (κ1) is 13.6. The summed E-state index contributed by atoms with van der Waals surface area (Å²) in [4.78, 5) is 1.18. The van der Waals surface area contributed by atoms with Crippen molar-refractivity contribution in [1.29, 1.82) is 0 Å². The molecule has 0 spiro atoms. The number of hydrogen-bond acceptors (Lipinski definition) is 2. The Balaban J connectivity index is 2.07. The molecule has 102 valence electrons. The van der Waals surface area contributed by atoms with Gasteiger partial charge in [-0.1, -0.05) is 54.9 Å². The molecule has 1 heterocycles. The van der Waals surface area contributed by atoms with E-state index >= 15 is 0 Å². The molecule has 0 saturated carbocycles. The summed E-state index contributed by atoms with van der Waals surface area (Å²) in [6.45, 7) is 3.03. The quantitative estimate of drug-likeness (QED) is 0.693. The topological polar surface area (TPSA) is 12.0 Å². The first-order chi connectivity index (χ1) is 9.79. The van der Waals surface area contributed by atoms with Crippen LogP contribution in [0.25, 0.3) is 10.8 Å². The number of nitrogens with one attached hydrogen (secondary N) is 1. The maximum absolute atomic E-state index is 6.31. The van der Waals surface area contributed by atoms with Gasteiger partial charge >= 0.3 is 0 Å². The maximum Gasteiger partial charge on any atom is 0.0686 e. The lowest BCUT2D eigenvalue weighted by molar-refractivity contribution is 0.640. The lowest BCUT2D eigenvalue weighted by Gasteiger charge is -2.18. The molecular formula is C17H16ClNS. The summed E-state index contributed by atoms with van der Waals surface area (Å²) >= 11 is 8.01. The summed E-state index contributed by atoms with van der Waals surface area (Å²) in [6, 6.07) is 17.2. The summed E-state index contributed by atoms with van der Waals surface area (Å²) in [5.74, 6) is 0. The summed E-state index contributed by atoms with van der Waals surface area (Å²) in [7, 11) is 0. The van der Waals surface area contributed by atoms with Crippen LogP contribution < -0.4 is 5.32 Å². The summed E-state index contributed by atoms with van der Waals surface area (Å²) in [5, 5.41) is 8.95. The largest absolute Gasteiger partial charge is 0.306 e. The lowest BCUT2D eigenvalue weighted by atomic mass is 10.0. The van der Waals surface area contributed by atoms with Crippen LogP contribution in [0.15, 0.2) is 53.9 Å². The van der Waals surface area contributed by atoms with Crippen LogP contribution in [0.2, 0.25) is 5.02 Å². The average Bonchev–Trinajstić information content (AvgIpc) is 2.90. The highest BCUT2D eigenvalue weighted by molar-refractivity contribution is 7.10. The van der Waals surface area contributed by atoms with Gasteiger partial charge in [-0.25, -0.2) is 0 Å².